The van der Waals surface area contributed by atoms with E-state index in [1.165, 1.54) is 12.1 Å². The van der Waals surface area contributed by atoms with Crippen LogP contribution in [-0.2, 0) is 19.6 Å². The molecule has 0 bridgehead atoms. The highest BCUT2D eigenvalue weighted by Crippen LogP contribution is 2.19. The average Bonchev–Trinajstić information content (AvgIpc) is 3.23. The minimum absolute atomic E-state index is 0.0839. The smallest absolute Gasteiger partial charge is 0.287 e. The second-order valence-electron chi connectivity index (χ2n) is 7.67. The first-order valence-corrected chi connectivity index (χ1v) is 10.5. The molecule has 1 atom stereocenters. The van der Waals surface area contributed by atoms with E-state index < -0.39 is 0 Å². The normalized spacial score (nSPS) is 12.0. The van der Waals surface area contributed by atoms with Crippen molar-refractivity contribution in [2.24, 2.45) is 0 Å². The second kappa shape index (κ2) is 10.8. The van der Waals surface area contributed by atoms with Crippen LogP contribution in [0.2, 0.25) is 0 Å². The van der Waals surface area contributed by atoms with Crippen molar-refractivity contribution in [2.45, 2.75) is 45.9 Å². The van der Waals surface area contributed by atoms with E-state index in [1.54, 1.807) is 19.2 Å². The maximum Gasteiger partial charge on any atom is 0.287 e. The Morgan fingerprint density at radius 2 is 1.81 bits per heavy atom. The fourth-order valence-electron chi connectivity index (χ4n) is 3.25. The molecule has 3 rings (SSSR count). The van der Waals surface area contributed by atoms with Crippen LogP contribution in [0.5, 0.6) is 5.75 Å². The Kier molecular flexibility index (Phi) is 7.84. The monoisotopic (exact) mass is 424 g/mol. The van der Waals surface area contributed by atoms with Gasteiger partial charge in [-0.05, 0) is 60.9 Å². The molecule has 5 nitrogen and oxygen atoms in total. The maximum absolute atomic E-state index is 13.7. The Hall–Kier alpha value is -3.12. The zero-order valence-electron chi connectivity index (χ0n) is 18.2. The lowest BCUT2D eigenvalue weighted by Crippen LogP contribution is -2.31. The van der Waals surface area contributed by atoms with Crippen molar-refractivity contribution in [3.05, 3.63) is 89.1 Å². The van der Waals surface area contributed by atoms with Gasteiger partial charge in [-0.1, -0.05) is 31.2 Å². The first-order valence-electron chi connectivity index (χ1n) is 10.5. The molecule has 0 aliphatic carbocycles. The van der Waals surface area contributed by atoms with Crippen LogP contribution in [0.1, 0.15) is 47.7 Å². The van der Waals surface area contributed by atoms with Gasteiger partial charge in [-0.25, -0.2) is 4.39 Å². The fourth-order valence-corrected chi connectivity index (χ4v) is 3.25. The highest BCUT2D eigenvalue weighted by Gasteiger charge is 2.16. The van der Waals surface area contributed by atoms with Crippen LogP contribution >= 0.6 is 0 Å². The summed E-state index contributed by atoms with van der Waals surface area (Å²) in [7, 11) is 1.64. The summed E-state index contributed by atoms with van der Waals surface area (Å²) in [5, 5.41) is 2.91. The van der Waals surface area contributed by atoms with E-state index in [2.05, 4.69) is 10.2 Å². The largest absolute Gasteiger partial charge is 0.497 e. The number of carbonyl (C=O) groups is 1. The molecule has 1 amide bonds. The highest BCUT2D eigenvalue weighted by molar-refractivity contribution is 5.91. The summed E-state index contributed by atoms with van der Waals surface area (Å²) in [5.74, 6) is 1.30. The lowest BCUT2D eigenvalue weighted by molar-refractivity contribution is 0.0906. The van der Waals surface area contributed by atoms with Gasteiger partial charge in [0.2, 0.25) is 0 Å². The van der Waals surface area contributed by atoms with E-state index in [-0.39, 0.29) is 17.8 Å². The van der Waals surface area contributed by atoms with Crippen LogP contribution in [0.15, 0.2) is 65.1 Å². The highest BCUT2D eigenvalue weighted by atomic mass is 19.1. The molecule has 0 unspecified atom stereocenters. The number of benzene rings is 2. The van der Waals surface area contributed by atoms with Crippen molar-refractivity contribution in [3.8, 4) is 5.75 Å². The molecule has 0 saturated heterocycles. The van der Waals surface area contributed by atoms with Gasteiger partial charge in [0.25, 0.3) is 5.91 Å². The number of nitrogens with one attached hydrogen (secondary N) is 1. The number of methoxy groups -OCH3 is 1. The van der Waals surface area contributed by atoms with Crippen LogP contribution in [0.4, 0.5) is 4.39 Å². The van der Waals surface area contributed by atoms with E-state index in [0.717, 1.165) is 23.3 Å². The molecule has 0 saturated carbocycles. The van der Waals surface area contributed by atoms with E-state index in [9.17, 15) is 9.18 Å². The van der Waals surface area contributed by atoms with Crippen molar-refractivity contribution in [1.82, 2.24) is 10.2 Å². The molecule has 0 aliphatic rings. The number of halogens is 1. The number of rotatable bonds is 10. The van der Waals surface area contributed by atoms with E-state index in [4.69, 9.17) is 9.15 Å². The second-order valence-corrected chi connectivity index (χ2v) is 7.67. The minimum atomic E-state index is -0.260. The van der Waals surface area contributed by atoms with Crippen LogP contribution in [-0.4, -0.2) is 24.0 Å². The SMILES string of the molecule is CC[C@@H](C)NC(=O)c1ccc(CN(Cc2ccc(OC)cc2)Cc2cccc(F)c2)o1. The molecular formula is C25H29FN2O3. The molecule has 31 heavy (non-hydrogen) atoms. The molecule has 1 aromatic heterocycles. The van der Waals surface area contributed by atoms with Crippen molar-refractivity contribution in [1.29, 1.82) is 0 Å². The number of amides is 1. The summed E-state index contributed by atoms with van der Waals surface area (Å²) in [4.78, 5) is 14.5. The Morgan fingerprint density at radius 3 is 2.48 bits per heavy atom. The number of hydrogen-bond donors (Lipinski definition) is 1. The standard InChI is InChI=1S/C25H29FN2O3/c1-4-18(2)27-25(29)24-13-12-23(31-24)17-28(16-20-6-5-7-21(26)14-20)15-19-8-10-22(30-3)11-9-19/h5-14,18H,4,15-17H2,1-3H3,(H,27,29)/t18-/m1/s1. The molecule has 1 heterocycles. The van der Waals surface area contributed by atoms with Gasteiger partial charge in [-0.3, -0.25) is 9.69 Å². The van der Waals surface area contributed by atoms with Gasteiger partial charge in [0.15, 0.2) is 5.76 Å². The molecule has 2 aromatic carbocycles. The zero-order chi connectivity index (χ0) is 22.2. The number of furan rings is 1. The predicted molar refractivity (Wildman–Crippen MR) is 118 cm³/mol. The van der Waals surface area contributed by atoms with Gasteiger partial charge in [-0.2, -0.15) is 0 Å². The lowest BCUT2D eigenvalue weighted by atomic mass is 10.1. The average molecular weight is 425 g/mol. The first-order chi connectivity index (χ1) is 15.0. The third kappa shape index (κ3) is 6.69. The van der Waals surface area contributed by atoms with E-state index in [1.807, 2.05) is 50.2 Å². The van der Waals surface area contributed by atoms with Crippen LogP contribution in [0.25, 0.3) is 0 Å². The molecule has 0 radical (unpaired) electrons. The number of nitrogens with zero attached hydrogens (tertiary/aromatic N) is 1. The van der Waals surface area contributed by atoms with Crippen molar-refractivity contribution in [2.75, 3.05) is 7.11 Å². The van der Waals surface area contributed by atoms with Crippen LogP contribution < -0.4 is 10.1 Å². The van der Waals surface area contributed by atoms with Crippen molar-refractivity contribution >= 4 is 5.91 Å². The topological polar surface area (TPSA) is 54.7 Å². The minimum Gasteiger partial charge on any atom is -0.497 e. The van der Waals surface area contributed by atoms with Crippen LogP contribution in [0.3, 0.4) is 0 Å². The summed E-state index contributed by atoms with van der Waals surface area (Å²) in [6, 6.07) is 18.0. The molecular weight excluding hydrogens is 395 g/mol. The Balaban J connectivity index is 1.75. The van der Waals surface area contributed by atoms with E-state index >= 15 is 0 Å². The molecule has 0 spiro atoms. The summed E-state index contributed by atoms with van der Waals surface area (Å²) in [6.45, 7) is 5.63. The molecule has 0 aliphatic heterocycles. The summed E-state index contributed by atoms with van der Waals surface area (Å²) < 4.78 is 24.7. The van der Waals surface area contributed by atoms with Gasteiger partial charge >= 0.3 is 0 Å². The third-order valence-corrected chi connectivity index (χ3v) is 5.12. The molecule has 1 N–H and O–H groups in total. The van der Waals surface area contributed by atoms with Gasteiger partial charge in [0, 0.05) is 19.1 Å². The summed E-state index contributed by atoms with van der Waals surface area (Å²) in [5.41, 5.74) is 1.97. The number of ether oxygens (including phenoxy) is 1. The van der Waals surface area contributed by atoms with E-state index in [0.29, 0.717) is 31.2 Å². The molecule has 0 fully saturated rings. The van der Waals surface area contributed by atoms with Crippen LogP contribution in [0, 0.1) is 5.82 Å². The molecule has 3 aromatic rings. The maximum atomic E-state index is 13.7. The van der Waals surface area contributed by atoms with Gasteiger partial charge in [0.1, 0.15) is 17.3 Å². The Labute approximate surface area is 182 Å². The fraction of sp³-hybridized carbons (Fsp3) is 0.320. The van der Waals surface area contributed by atoms with Gasteiger partial charge in [-0.15, -0.1) is 0 Å². The zero-order valence-corrected chi connectivity index (χ0v) is 18.2. The quantitative estimate of drug-likeness (QED) is 0.489. The summed E-state index contributed by atoms with van der Waals surface area (Å²) in [6.07, 6.45) is 0.850. The predicted octanol–water partition coefficient (Wildman–Crippen LogP) is 5.16. The van der Waals surface area contributed by atoms with Gasteiger partial charge < -0.3 is 14.5 Å². The first kappa shape index (κ1) is 22.6. The lowest BCUT2D eigenvalue weighted by Gasteiger charge is -2.22. The number of carbonyl (C=O) groups excluding carboxylic acids is 1. The Morgan fingerprint density at radius 1 is 1.06 bits per heavy atom. The number of hydrogen-bond acceptors (Lipinski definition) is 4. The summed E-state index contributed by atoms with van der Waals surface area (Å²) >= 11 is 0. The van der Waals surface area contributed by atoms with Crippen molar-refractivity contribution in [3.63, 3.8) is 0 Å². The third-order valence-electron chi connectivity index (χ3n) is 5.12. The molecule has 6 heteroatoms. The van der Waals surface area contributed by atoms with Gasteiger partial charge in [0.05, 0.1) is 13.7 Å². The molecule has 164 valence electrons. The Bertz CT molecular complexity index is 984. The van der Waals surface area contributed by atoms with Crippen molar-refractivity contribution < 1.29 is 18.3 Å².